The molecule has 0 radical (unpaired) electrons. The lowest BCUT2D eigenvalue weighted by Crippen LogP contribution is -2.54. The highest BCUT2D eigenvalue weighted by atomic mass is 16.6. The summed E-state index contributed by atoms with van der Waals surface area (Å²) in [4.78, 5) is 36.3. The molecule has 0 spiro atoms. The molecule has 0 heterocycles. The molecule has 1 aliphatic rings. The van der Waals surface area contributed by atoms with E-state index in [0.717, 1.165) is 25.7 Å². The average Bonchev–Trinajstić information content (AvgIpc) is 2.72. The molecule has 4 atom stereocenters. The fourth-order valence-electron chi connectivity index (χ4n) is 4.03. The summed E-state index contributed by atoms with van der Waals surface area (Å²) < 4.78 is 17.3. The van der Waals surface area contributed by atoms with Crippen LogP contribution in [-0.2, 0) is 28.6 Å². The molecule has 0 aromatic rings. The van der Waals surface area contributed by atoms with Crippen molar-refractivity contribution in [1.82, 2.24) is 0 Å². The van der Waals surface area contributed by atoms with Crippen molar-refractivity contribution in [3.05, 3.63) is 0 Å². The first-order valence-electron chi connectivity index (χ1n) is 11.4. The molecule has 0 aliphatic heterocycles. The smallest absolute Gasteiger partial charge is 0.306 e. The maximum Gasteiger partial charge on any atom is 0.306 e. The molecule has 0 N–H and O–H groups in total. The monoisotopic (exact) mass is 412 g/mol. The first-order valence-corrected chi connectivity index (χ1v) is 11.4. The van der Waals surface area contributed by atoms with Gasteiger partial charge in [0, 0.05) is 25.7 Å². The van der Waals surface area contributed by atoms with E-state index in [1.165, 1.54) is 0 Å². The second-order valence-corrected chi connectivity index (χ2v) is 8.08. The maximum absolute atomic E-state index is 12.3. The van der Waals surface area contributed by atoms with E-state index >= 15 is 0 Å². The van der Waals surface area contributed by atoms with Crippen LogP contribution >= 0.6 is 0 Å². The zero-order valence-corrected chi connectivity index (χ0v) is 19.0. The Hall–Kier alpha value is -1.59. The van der Waals surface area contributed by atoms with E-state index in [0.29, 0.717) is 38.0 Å². The number of rotatable bonds is 12. The van der Waals surface area contributed by atoms with E-state index in [1.807, 2.05) is 0 Å². The van der Waals surface area contributed by atoms with Crippen molar-refractivity contribution in [1.29, 1.82) is 0 Å². The molecule has 0 aromatic heterocycles. The van der Waals surface area contributed by atoms with E-state index in [2.05, 4.69) is 13.8 Å². The van der Waals surface area contributed by atoms with Gasteiger partial charge >= 0.3 is 17.9 Å². The van der Waals surface area contributed by atoms with Crippen LogP contribution in [0.25, 0.3) is 0 Å². The summed E-state index contributed by atoms with van der Waals surface area (Å²) in [6, 6.07) is 0. The zero-order chi connectivity index (χ0) is 21.9. The Kier molecular flexibility index (Phi) is 11.3. The van der Waals surface area contributed by atoms with E-state index in [-0.39, 0.29) is 36.9 Å². The number of hydrogen-bond donors (Lipinski definition) is 0. The molecule has 6 heteroatoms. The van der Waals surface area contributed by atoms with E-state index in [9.17, 15) is 14.4 Å². The summed E-state index contributed by atoms with van der Waals surface area (Å²) in [5.74, 6) is -0.479. The lowest BCUT2D eigenvalue weighted by molar-refractivity contribution is -0.207. The molecular formula is C23H40O6. The highest BCUT2D eigenvalue weighted by molar-refractivity contribution is 5.71. The minimum absolute atomic E-state index is 0.251. The average molecular weight is 413 g/mol. The molecule has 1 rings (SSSR count). The second kappa shape index (κ2) is 12.9. The van der Waals surface area contributed by atoms with Crippen LogP contribution in [0.5, 0.6) is 0 Å². The van der Waals surface area contributed by atoms with E-state index < -0.39 is 11.7 Å². The van der Waals surface area contributed by atoms with Gasteiger partial charge in [-0.15, -0.1) is 0 Å². The molecule has 4 unspecified atom stereocenters. The van der Waals surface area contributed by atoms with Crippen LogP contribution in [0, 0.1) is 5.92 Å². The van der Waals surface area contributed by atoms with Crippen molar-refractivity contribution in [2.45, 2.75) is 123 Å². The van der Waals surface area contributed by atoms with Crippen molar-refractivity contribution in [2.75, 3.05) is 0 Å². The Morgan fingerprint density at radius 2 is 1.55 bits per heavy atom. The van der Waals surface area contributed by atoms with Gasteiger partial charge in [-0.05, 0) is 25.2 Å². The molecule has 1 aliphatic carbocycles. The molecule has 1 fully saturated rings. The van der Waals surface area contributed by atoms with Gasteiger partial charge in [-0.1, -0.05) is 60.3 Å². The number of carbonyl (C=O) groups excluding carboxylic acids is 3. The zero-order valence-electron chi connectivity index (χ0n) is 19.0. The Balaban J connectivity index is 3.15. The largest absolute Gasteiger partial charge is 0.462 e. The standard InChI is InChI=1S/C23H40O6/c1-6-11-12-17(7-2)16-23(29-22(26)10-5)14-13-18(27-20(24)8-3)15-19(23)28-21(25)9-4/h17-19H,6-16H2,1-5H3. The van der Waals surface area contributed by atoms with Gasteiger partial charge in [-0.3, -0.25) is 14.4 Å². The molecule has 0 aromatic carbocycles. The molecule has 0 saturated heterocycles. The highest BCUT2D eigenvalue weighted by Crippen LogP contribution is 2.42. The predicted octanol–water partition coefficient (Wildman–Crippen LogP) is 5.11. The quantitative estimate of drug-likeness (QED) is 0.327. The van der Waals surface area contributed by atoms with Crippen LogP contribution in [0.4, 0.5) is 0 Å². The number of esters is 3. The van der Waals surface area contributed by atoms with Gasteiger partial charge < -0.3 is 14.2 Å². The van der Waals surface area contributed by atoms with Crippen molar-refractivity contribution in [2.24, 2.45) is 5.92 Å². The fourth-order valence-corrected chi connectivity index (χ4v) is 4.03. The topological polar surface area (TPSA) is 78.9 Å². The summed E-state index contributed by atoms with van der Waals surface area (Å²) >= 11 is 0. The Bertz CT molecular complexity index is 531. The molecule has 0 bridgehead atoms. The van der Waals surface area contributed by atoms with Gasteiger partial charge in [0.1, 0.15) is 17.8 Å². The first-order chi connectivity index (χ1) is 13.8. The van der Waals surface area contributed by atoms with Gasteiger partial charge in [0.2, 0.25) is 0 Å². The predicted molar refractivity (Wildman–Crippen MR) is 111 cm³/mol. The highest BCUT2D eigenvalue weighted by Gasteiger charge is 2.50. The molecule has 0 amide bonds. The normalized spacial score (nSPS) is 25.1. The minimum atomic E-state index is -0.846. The van der Waals surface area contributed by atoms with E-state index in [1.54, 1.807) is 20.8 Å². The van der Waals surface area contributed by atoms with Crippen molar-refractivity contribution >= 4 is 17.9 Å². The summed E-state index contributed by atoms with van der Waals surface area (Å²) in [5, 5.41) is 0. The van der Waals surface area contributed by atoms with Crippen LogP contribution in [0.1, 0.15) is 105 Å². The van der Waals surface area contributed by atoms with Crippen molar-refractivity contribution in [3.8, 4) is 0 Å². The summed E-state index contributed by atoms with van der Waals surface area (Å²) in [6.07, 6.45) is 6.37. The van der Waals surface area contributed by atoms with Gasteiger partial charge in [-0.2, -0.15) is 0 Å². The molecule has 168 valence electrons. The van der Waals surface area contributed by atoms with E-state index in [4.69, 9.17) is 14.2 Å². The molecule has 1 saturated carbocycles. The summed E-state index contributed by atoms with van der Waals surface area (Å²) in [7, 11) is 0. The van der Waals surface area contributed by atoms with Crippen LogP contribution < -0.4 is 0 Å². The lowest BCUT2D eigenvalue weighted by Gasteiger charge is -2.46. The Morgan fingerprint density at radius 3 is 2.10 bits per heavy atom. The molecular weight excluding hydrogens is 372 g/mol. The van der Waals surface area contributed by atoms with Crippen molar-refractivity contribution < 1.29 is 28.6 Å². The number of carbonyl (C=O) groups is 3. The van der Waals surface area contributed by atoms with Crippen LogP contribution in [0.2, 0.25) is 0 Å². The van der Waals surface area contributed by atoms with Gasteiger partial charge in [0.15, 0.2) is 0 Å². The summed E-state index contributed by atoms with van der Waals surface area (Å²) in [5.41, 5.74) is -0.846. The molecule has 29 heavy (non-hydrogen) atoms. The third kappa shape index (κ3) is 7.98. The first kappa shape index (κ1) is 25.4. The SMILES string of the molecule is CCCCC(CC)CC1(OC(=O)CC)CCC(OC(=O)CC)CC1OC(=O)CC. The third-order valence-electron chi connectivity index (χ3n) is 5.89. The summed E-state index contributed by atoms with van der Waals surface area (Å²) in [6.45, 7) is 9.59. The van der Waals surface area contributed by atoms with Gasteiger partial charge in [0.25, 0.3) is 0 Å². The minimum Gasteiger partial charge on any atom is -0.462 e. The Labute approximate surface area is 176 Å². The number of hydrogen-bond acceptors (Lipinski definition) is 6. The maximum atomic E-state index is 12.3. The van der Waals surface area contributed by atoms with Gasteiger partial charge in [0.05, 0.1) is 0 Å². The van der Waals surface area contributed by atoms with Crippen LogP contribution in [-0.4, -0.2) is 35.7 Å². The number of ether oxygens (including phenoxy) is 3. The number of unbranched alkanes of at least 4 members (excludes halogenated alkanes) is 1. The lowest BCUT2D eigenvalue weighted by atomic mass is 9.73. The van der Waals surface area contributed by atoms with Gasteiger partial charge in [-0.25, -0.2) is 0 Å². The van der Waals surface area contributed by atoms with Crippen LogP contribution in [0.3, 0.4) is 0 Å². The second-order valence-electron chi connectivity index (χ2n) is 8.08. The molecule has 6 nitrogen and oxygen atoms in total. The fraction of sp³-hybridized carbons (Fsp3) is 0.870. The third-order valence-corrected chi connectivity index (χ3v) is 5.89. The van der Waals surface area contributed by atoms with Crippen molar-refractivity contribution in [3.63, 3.8) is 0 Å². The Morgan fingerprint density at radius 1 is 0.931 bits per heavy atom. The van der Waals surface area contributed by atoms with Crippen LogP contribution in [0.15, 0.2) is 0 Å².